The van der Waals surface area contributed by atoms with Gasteiger partial charge in [-0.15, -0.1) is 0 Å². The average molecular weight is 1090 g/mol. The zero-order chi connectivity index (χ0) is 58.0. The van der Waals surface area contributed by atoms with E-state index in [4.69, 9.17) is 14.2 Å². The number of carbonyl (C=O) groups excluding carboxylic acids is 8. The van der Waals surface area contributed by atoms with E-state index >= 15 is 0 Å². The van der Waals surface area contributed by atoms with Crippen LogP contribution in [0.3, 0.4) is 0 Å². The summed E-state index contributed by atoms with van der Waals surface area (Å²) >= 11 is 0. The van der Waals surface area contributed by atoms with Gasteiger partial charge >= 0.3 is 6.09 Å². The van der Waals surface area contributed by atoms with E-state index in [-0.39, 0.29) is 115 Å². The number of anilines is 1. The van der Waals surface area contributed by atoms with Crippen LogP contribution in [0.25, 0.3) is 0 Å². The van der Waals surface area contributed by atoms with E-state index in [1.807, 2.05) is 85.7 Å². The van der Waals surface area contributed by atoms with Gasteiger partial charge in [-0.1, -0.05) is 118 Å². The van der Waals surface area contributed by atoms with Crippen molar-refractivity contribution in [3.05, 3.63) is 65.7 Å². The van der Waals surface area contributed by atoms with E-state index in [0.29, 0.717) is 50.8 Å². The highest BCUT2D eigenvalue weighted by Gasteiger charge is 2.44. The van der Waals surface area contributed by atoms with Crippen LogP contribution in [-0.2, 0) is 54.4 Å². The quantitative estimate of drug-likeness (QED) is 0.0507. The van der Waals surface area contributed by atoms with Crippen LogP contribution >= 0.6 is 0 Å². The third-order valence-corrected chi connectivity index (χ3v) is 16.4. The molecular weight excluding hydrogens is 995 g/mol. The first-order valence-electron chi connectivity index (χ1n) is 28.5. The summed E-state index contributed by atoms with van der Waals surface area (Å²) in [6.07, 6.45) is 2.02. The summed E-state index contributed by atoms with van der Waals surface area (Å²) in [5.74, 6) is -3.49. The van der Waals surface area contributed by atoms with Gasteiger partial charge in [-0.25, -0.2) is 4.79 Å². The van der Waals surface area contributed by atoms with E-state index in [1.54, 1.807) is 62.3 Å². The minimum Gasteiger partial charge on any atom is -0.445 e. The molecule has 2 fully saturated rings. The van der Waals surface area contributed by atoms with Crippen molar-refractivity contribution < 1.29 is 57.7 Å². The number of nitrogens with zero attached hydrogens (tertiary/aromatic N) is 4. The molecule has 2 aromatic carbocycles. The minimum absolute atomic E-state index is 0.0212. The van der Waals surface area contributed by atoms with Crippen LogP contribution in [0.5, 0.6) is 0 Å². The lowest BCUT2D eigenvalue weighted by atomic mass is 9.83. The van der Waals surface area contributed by atoms with Gasteiger partial charge in [0, 0.05) is 90.5 Å². The number of hydrogen-bond donors (Lipinski definition) is 2. The van der Waals surface area contributed by atoms with Gasteiger partial charge in [0.25, 0.3) is 0 Å². The summed E-state index contributed by atoms with van der Waals surface area (Å²) < 4.78 is 17.8. The second-order valence-electron chi connectivity index (χ2n) is 22.9. The molecule has 2 heterocycles. The summed E-state index contributed by atoms with van der Waals surface area (Å²) in [6.45, 7) is 17.9. The average Bonchev–Trinajstić information content (AvgIpc) is 4.00. The van der Waals surface area contributed by atoms with Crippen LogP contribution in [-0.4, -0.2) is 150 Å². The largest absolute Gasteiger partial charge is 0.445 e. The van der Waals surface area contributed by atoms with Crippen LogP contribution < -0.4 is 5.32 Å². The van der Waals surface area contributed by atoms with Crippen molar-refractivity contribution in [3.63, 3.8) is 0 Å². The van der Waals surface area contributed by atoms with Crippen LogP contribution in [0.4, 0.5) is 10.5 Å². The molecule has 0 saturated carbocycles. The summed E-state index contributed by atoms with van der Waals surface area (Å²) in [5.41, 5.74) is 2.17. The third-order valence-electron chi connectivity index (χ3n) is 16.4. The zero-order valence-electron chi connectivity index (χ0n) is 49.0. The standard InChI is InChI=1S/C61H93N5O12/c1-14-40(6)56(52(76-12)35-54(71)65-31-21-25-49(65)58(77-13)43(9)50(68)32-41(7)57(72)45-22-17-15-18-23-45)63(10)60(74)48(38(2)3)34-51(69)55(39(4)5)64(11)61(75)78-37-44-26-28-46(29-27-44)62-36-47(67)24-19-16-20-30-66-53(70)33-42(8)59(66)73/h15,17-18,22-23,26-29,38-43,48-49,52,55-58,62,72H,14,16,19-21,24-25,30-37H2,1-13H3/t40-,41-,42?,43-,48-,49-,52+,55-,56-,57+,58+/m0/s1. The SMILES string of the molecule is CC[C@H](C)[C@@H]([C@@H](CC(=O)N1CCC[C@H]1[C@H](OC)[C@@H](C)C(=O)C[C@H](C)[C@@H](O)c1ccccc1)OC)N(C)C(=O)[C@@H](CC(=O)[C@H](C(C)C)N(C)C(=O)OCc1ccc(NCC(=O)CCCCCN2C(=O)CC(C)C2=O)cc1)C(C)C. The van der Waals surface area contributed by atoms with Crippen molar-refractivity contribution in [3.8, 4) is 0 Å². The molecule has 2 aliphatic heterocycles. The Morgan fingerprint density at radius 2 is 1.46 bits per heavy atom. The second kappa shape index (κ2) is 31.3. The lowest BCUT2D eigenvalue weighted by Crippen LogP contribution is -2.54. The molecule has 17 nitrogen and oxygen atoms in total. The van der Waals surface area contributed by atoms with Crippen molar-refractivity contribution in [1.29, 1.82) is 0 Å². The number of Topliss-reactive ketones (excluding diaryl/α,β-unsaturated/α-hetero) is 3. The van der Waals surface area contributed by atoms with Gasteiger partial charge in [-0.05, 0) is 72.6 Å². The molecular formula is C61H93N5O12. The molecule has 0 radical (unpaired) electrons. The predicted octanol–water partition coefficient (Wildman–Crippen LogP) is 8.70. The third kappa shape index (κ3) is 17.7. The summed E-state index contributed by atoms with van der Waals surface area (Å²) in [5, 5.41) is 14.1. The highest BCUT2D eigenvalue weighted by atomic mass is 16.6. The normalized spacial score (nSPS) is 19.2. The van der Waals surface area contributed by atoms with Crippen molar-refractivity contribution in [2.75, 3.05) is 53.3 Å². The number of ketones is 3. The van der Waals surface area contributed by atoms with Crippen LogP contribution in [0.2, 0.25) is 0 Å². The van der Waals surface area contributed by atoms with Gasteiger partial charge in [0.1, 0.15) is 12.4 Å². The number of methoxy groups -OCH3 is 2. The van der Waals surface area contributed by atoms with Gasteiger partial charge in [0.05, 0.1) is 49.4 Å². The maximum Gasteiger partial charge on any atom is 0.410 e. The number of amides is 5. The lowest BCUT2D eigenvalue weighted by Gasteiger charge is -2.41. The Bertz CT molecular complexity index is 2290. The number of likely N-dealkylation sites (N-methyl/N-ethyl adjacent to an activating group) is 2. The summed E-state index contributed by atoms with van der Waals surface area (Å²) in [4.78, 5) is 114. The van der Waals surface area contributed by atoms with E-state index in [1.165, 1.54) is 16.8 Å². The molecule has 1 unspecified atom stereocenters. The molecule has 0 aromatic heterocycles. The van der Waals surface area contributed by atoms with Crippen molar-refractivity contribution in [2.24, 2.45) is 41.4 Å². The summed E-state index contributed by atoms with van der Waals surface area (Å²) in [6, 6.07) is 14.7. The number of rotatable bonds is 33. The molecule has 11 atom stereocenters. The van der Waals surface area contributed by atoms with Gasteiger partial charge in [-0.2, -0.15) is 0 Å². The van der Waals surface area contributed by atoms with Crippen LogP contribution in [0.1, 0.15) is 150 Å². The number of unbranched alkanes of at least 4 members (excludes halogenated alkanes) is 2. The highest BCUT2D eigenvalue weighted by Crippen LogP contribution is 2.33. The van der Waals surface area contributed by atoms with E-state index < -0.39 is 48.3 Å². The molecule has 0 aliphatic carbocycles. The molecule has 4 rings (SSSR count). The number of hydrogen-bond acceptors (Lipinski definition) is 13. The van der Waals surface area contributed by atoms with Crippen LogP contribution in [0.15, 0.2) is 54.6 Å². The number of aliphatic hydroxyl groups is 1. The first-order chi connectivity index (χ1) is 37.0. The molecule has 2 aliphatic rings. The maximum absolute atomic E-state index is 14.8. The Labute approximate surface area is 464 Å². The first kappa shape index (κ1) is 65.0. The number of carbonyl (C=O) groups is 8. The lowest BCUT2D eigenvalue weighted by molar-refractivity contribution is -0.149. The fraction of sp³-hybridized carbons (Fsp3) is 0.672. The maximum atomic E-state index is 14.8. The topological polar surface area (TPSA) is 209 Å². The monoisotopic (exact) mass is 1090 g/mol. The smallest absolute Gasteiger partial charge is 0.410 e. The van der Waals surface area contributed by atoms with Crippen molar-refractivity contribution in [2.45, 2.75) is 176 Å². The zero-order valence-corrected chi connectivity index (χ0v) is 49.0. The molecule has 78 heavy (non-hydrogen) atoms. The molecule has 17 heteroatoms. The Kier molecular flexibility index (Phi) is 26.1. The number of benzene rings is 2. The first-order valence-corrected chi connectivity index (χ1v) is 28.5. The molecule has 5 amide bonds. The number of aliphatic hydroxyl groups excluding tert-OH is 1. The number of imide groups is 1. The molecule has 2 aromatic rings. The number of likely N-dealkylation sites (tertiary alicyclic amines) is 2. The van der Waals surface area contributed by atoms with Crippen molar-refractivity contribution >= 4 is 52.8 Å². The van der Waals surface area contributed by atoms with Gasteiger partial charge in [0.2, 0.25) is 23.6 Å². The Morgan fingerprint density at radius 1 is 0.795 bits per heavy atom. The molecule has 2 saturated heterocycles. The minimum atomic E-state index is -0.885. The predicted molar refractivity (Wildman–Crippen MR) is 300 cm³/mol. The Balaban J connectivity index is 1.33. The molecule has 434 valence electrons. The van der Waals surface area contributed by atoms with Gasteiger partial charge < -0.3 is 39.3 Å². The fourth-order valence-corrected chi connectivity index (χ4v) is 11.4. The molecule has 2 N–H and O–H groups in total. The molecule has 0 spiro atoms. The number of ether oxygens (including phenoxy) is 3. The van der Waals surface area contributed by atoms with Crippen molar-refractivity contribution in [1.82, 2.24) is 19.6 Å². The van der Waals surface area contributed by atoms with Gasteiger partial charge in [0.15, 0.2) is 11.6 Å². The highest BCUT2D eigenvalue weighted by molar-refractivity contribution is 6.03. The Hall–Kier alpha value is -5.52. The van der Waals surface area contributed by atoms with E-state index in [0.717, 1.165) is 24.1 Å². The molecule has 0 bridgehead atoms. The summed E-state index contributed by atoms with van der Waals surface area (Å²) in [7, 11) is 6.34. The fourth-order valence-electron chi connectivity index (χ4n) is 11.4. The second-order valence-corrected chi connectivity index (χ2v) is 22.9. The Morgan fingerprint density at radius 3 is 2.04 bits per heavy atom. The van der Waals surface area contributed by atoms with E-state index in [2.05, 4.69) is 5.32 Å². The van der Waals surface area contributed by atoms with Crippen LogP contribution in [0, 0.1) is 41.4 Å². The van der Waals surface area contributed by atoms with Gasteiger partial charge in [-0.3, -0.25) is 38.5 Å². The number of nitrogens with one attached hydrogen (secondary N) is 1. The van der Waals surface area contributed by atoms with E-state index in [9.17, 15) is 43.5 Å².